The van der Waals surface area contributed by atoms with Gasteiger partial charge in [-0.25, -0.2) is 0 Å². The average molecular weight is 264 g/mol. The lowest BCUT2D eigenvalue weighted by molar-refractivity contribution is 0.185. The summed E-state index contributed by atoms with van der Waals surface area (Å²) in [4.78, 5) is 0. The molecule has 2 atom stereocenters. The maximum Gasteiger partial charge on any atom is 0.280 e. The van der Waals surface area contributed by atoms with Crippen LogP contribution in [-0.4, -0.2) is 43.1 Å². The van der Waals surface area contributed by atoms with E-state index in [1.807, 2.05) is 6.92 Å². The predicted molar refractivity (Wildman–Crippen MR) is 67.8 cm³/mol. The van der Waals surface area contributed by atoms with E-state index in [9.17, 15) is 13.5 Å². The molecule has 2 unspecified atom stereocenters. The van der Waals surface area contributed by atoms with Crippen molar-refractivity contribution in [3.8, 4) is 0 Å². The van der Waals surface area contributed by atoms with Gasteiger partial charge in [-0.1, -0.05) is 13.8 Å². The number of aliphatic hydroxyl groups is 1. The quantitative estimate of drug-likeness (QED) is 0.768. The van der Waals surface area contributed by atoms with E-state index in [0.29, 0.717) is 25.4 Å². The predicted octanol–water partition coefficient (Wildman–Crippen LogP) is 0.714. The number of hydrogen-bond donors (Lipinski definition) is 2. The van der Waals surface area contributed by atoms with Gasteiger partial charge in [-0.15, -0.1) is 0 Å². The first kappa shape index (κ1) is 14.9. The van der Waals surface area contributed by atoms with Gasteiger partial charge in [-0.05, 0) is 32.1 Å². The van der Waals surface area contributed by atoms with Gasteiger partial charge in [-0.3, -0.25) is 0 Å². The third-order valence-corrected chi connectivity index (χ3v) is 5.23. The van der Waals surface area contributed by atoms with Gasteiger partial charge in [0.05, 0.1) is 12.1 Å². The standard InChI is InChI=1S/C11H24N2O3S/c1-4-11(3,9-14)12-17(15,16)13-7-5-6-10(2)8-13/h10,12,14H,4-9H2,1-3H3. The van der Waals surface area contributed by atoms with E-state index in [0.717, 1.165) is 12.8 Å². The van der Waals surface area contributed by atoms with Crippen molar-refractivity contribution in [3.05, 3.63) is 0 Å². The third kappa shape index (κ3) is 3.91. The van der Waals surface area contributed by atoms with Crippen molar-refractivity contribution in [3.63, 3.8) is 0 Å². The van der Waals surface area contributed by atoms with E-state index in [1.165, 1.54) is 4.31 Å². The van der Waals surface area contributed by atoms with E-state index in [-0.39, 0.29) is 6.61 Å². The Balaban J connectivity index is 2.74. The molecule has 0 aromatic carbocycles. The minimum Gasteiger partial charge on any atom is -0.394 e. The fraction of sp³-hybridized carbons (Fsp3) is 1.00. The fourth-order valence-electron chi connectivity index (χ4n) is 1.96. The Kier molecular flexibility index (Phi) is 4.95. The molecule has 0 radical (unpaired) electrons. The van der Waals surface area contributed by atoms with Crippen molar-refractivity contribution >= 4 is 10.2 Å². The maximum absolute atomic E-state index is 12.2. The second-order valence-corrected chi connectivity index (χ2v) is 6.96. The van der Waals surface area contributed by atoms with Crippen molar-refractivity contribution in [2.75, 3.05) is 19.7 Å². The van der Waals surface area contributed by atoms with Gasteiger partial charge in [-0.2, -0.15) is 17.4 Å². The molecular formula is C11H24N2O3S. The van der Waals surface area contributed by atoms with Gasteiger partial charge in [0.25, 0.3) is 10.2 Å². The van der Waals surface area contributed by atoms with Gasteiger partial charge in [0, 0.05) is 13.1 Å². The van der Waals surface area contributed by atoms with E-state index in [4.69, 9.17) is 0 Å². The minimum absolute atomic E-state index is 0.188. The summed E-state index contributed by atoms with van der Waals surface area (Å²) in [6.45, 7) is 6.60. The van der Waals surface area contributed by atoms with E-state index < -0.39 is 15.7 Å². The molecule has 1 saturated heterocycles. The van der Waals surface area contributed by atoms with Crippen LogP contribution in [-0.2, 0) is 10.2 Å². The number of aliphatic hydroxyl groups excluding tert-OH is 1. The molecule has 0 aromatic rings. The molecule has 102 valence electrons. The summed E-state index contributed by atoms with van der Waals surface area (Å²) in [5, 5.41) is 9.25. The largest absolute Gasteiger partial charge is 0.394 e. The van der Waals surface area contributed by atoms with Crippen molar-refractivity contribution in [2.45, 2.75) is 45.6 Å². The summed E-state index contributed by atoms with van der Waals surface area (Å²) >= 11 is 0. The third-order valence-electron chi connectivity index (χ3n) is 3.46. The van der Waals surface area contributed by atoms with E-state index in [1.54, 1.807) is 6.92 Å². The molecule has 1 aliphatic heterocycles. The number of piperidine rings is 1. The lowest BCUT2D eigenvalue weighted by Crippen LogP contribution is -2.55. The number of nitrogens with one attached hydrogen (secondary N) is 1. The van der Waals surface area contributed by atoms with Crippen molar-refractivity contribution in [1.82, 2.24) is 9.03 Å². The molecule has 1 heterocycles. The molecule has 1 fully saturated rings. The summed E-state index contributed by atoms with van der Waals surface area (Å²) in [6, 6.07) is 0. The monoisotopic (exact) mass is 264 g/mol. The van der Waals surface area contributed by atoms with Crippen LogP contribution >= 0.6 is 0 Å². The van der Waals surface area contributed by atoms with E-state index >= 15 is 0 Å². The normalized spacial score (nSPS) is 26.7. The highest BCUT2D eigenvalue weighted by Gasteiger charge is 2.33. The Morgan fingerprint density at radius 3 is 2.65 bits per heavy atom. The minimum atomic E-state index is -3.47. The average Bonchev–Trinajstić information content (AvgIpc) is 2.28. The Labute approximate surface area is 104 Å². The number of hydrogen-bond acceptors (Lipinski definition) is 3. The smallest absolute Gasteiger partial charge is 0.280 e. The second kappa shape index (κ2) is 5.65. The highest BCUT2D eigenvalue weighted by molar-refractivity contribution is 7.87. The lowest BCUT2D eigenvalue weighted by Gasteiger charge is -2.34. The Bertz CT molecular complexity index is 339. The molecule has 0 spiro atoms. The lowest BCUT2D eigenvalue weighted by atomic mass is 10.0. The molecule has 6 heteroatoms. The van der Waals surface area contributed by atoms with Crippen LogP contribution in [0.4, 0.5) is 0 Å². The zero-order valence-corrected chi connectivity index (χ0v) is 11.8. The topological polar surface area (TPSA) is 69.6 Å². The summed E-state index contributed by atoms with van der Waals surface area (Å²) in [5.41, 5.74) is -0.764. The Morgan fingerprint density at radius 1 is 1.53 bits per heavy atom. The van der Waals surface area contributed by atoms with Crippen molar-refractivity contribution in [1.29, 1.82) is 0 Å². The van der Waals surface area contributed by atoms with Crippen LogP contribution < -0.4 is 4.72 Å². The van der Waals surface area contributed by atoms with Crippen molar-refractivity contribution in [2.24, 2.45) is 5.92 Å². The first-order valence-corrected chi connectivity index (χ1v) is 7.67. The summed E-state index contributed by atoms with van der Waals surface area (Å²) < 4.78 is 28.4. The maximum atomic E-state index is 12.2. The molecule has 1 rings (SSSR count). The summed E-state index contributed by atoms with van der Waals surface area (Å²) in [7, 11) is -3.47. The SMILES string of the molecule is CCC(C)(CO)NS(=O)(=O)N1CCCC(C)C1. The molecular weight excluding hydrogens is 240 g/mol. The first-order chi connectivity index (χ1) is 7.83. The molecule has 0 amide bonds. The van der Waals surface area contributed by atoms with Gasteiger partial charge in [0.15, 0.2) is 0 Å². The highest BCUT2D eigenvalue weighted by Crippen LogP contribution is 2.19. The van der Waals surface area contributed by atoms with Gasteiger partial charge in [0.2, 0.25) is 0 Å². The Hall–Kier alpha value is -0.170. The van der Waals surface area contributed by atoms with Crippen LogP contribution in [0.1, 0.15) is 40.0 Å². The molecule has 17 heavy (non-hydrogen) atoms. The first-order valence-electron chi connectivity index (χ1n) is 6.23. The summed E-state index contributed by atoms with van der Waals surface area (Å²) in [5.74, 6) is 0.405. The molecule has 5 nitrogen and oxygen atoms in total. The van der Waals surface area contributed by atoms with Crippen LogP contribution in [0.25, 0.3) is 0 Å². The van der Waals surface area contributed by atoms with Gasteiger partial charge >= 0.3 is 0 Å². The molecule has 0 aromatic heterocycles. The Morgan fingerprint density at radius 2 is 2.18 bits per heavy atom. The molecule has 0 bridgehead atoms. The van der Waals surface area contributed by atoms with Crippen LogP contribution in [0.15, 0.2) is 0 Å². The molecule has 1 aliphatic rings. The second-order valence-electron chi connectivity index (χ2n) is 5.28. The van der Waals surface area contributed by atoms with Crippen molar-refractivity contribution < 1.29 is 13.5 Å². The number of nitrogens with zero attached hydrogens (tertiary/aromatic N) is 1. The molecule has 2 N–H and O–H groups in total. The zero-order chi connectivity index (χ0) is 13.1. The molecule has 0 saturated carbocycles. The van der Waals surface area contributed by atoms with Crippen LogP contribution in [0.3, 0.4) is 0 Å². The van der Waals surface area contributed by atoms with Gasteiger partial charge < -0.3 is 5.11 Å². The number of rotatable bonds is 5. The molecule has 0 aliphatic carbocycles. The fourth-order valence-corrected chi connectivity index (χ4v) is 3.74. The van der Waals surface area contributed by atoms with Gasteiger partial charge in [0.1, 0.15) is 0 Å². The van der Waals surface area contributed by atoms with Crippen LogP contribution in [0.2, 0.25) is 0 Å². The van der Waals surface area contributed by atoms with E-state index in [2.05, 4.69) is 11.6 Å². The van der Waals surface area contributed by atoms with Crippen LogP contribution in [0, 0.1) is 5.92 Å². The highest BCUT2D eigenvalue weighted by atomic mass is 32.2. The zero-order valence-electron chi connectivity index (χ0n) is 10.9. The van der Waals surface area contributed by atoms with Crippen LogP contribution in [0.5, 0.6) is 0 Å². The summed E-state index contributed by atoms with van der Waals surface area (Å²) in [6.07, 6.45) is 2.55.